The van der Waals surface area contributed by atoms with Crippen LogP contribution in [0.15, 0.2) is 17.6 Å². The molecule has 0 bridgehead atoms. The molecule has 4 heteroatoms. The Balaban J connectivity index is 2.08. The van der Waals surface area contributed by atoms with Gasteiger partial charge in [-0.05, 0) is 13.0 Å². The zero-order valence-corrected chi connectivity index (χ0v) is 9.47. The zero-order chi connectivity index (χ0) is 10.3. The van der Waals surface area contributed by atoms with Crippen molar-refractivity contribution >= 4 is 11.3 Å². The lowest BCUT2D eigenvalue weighted by atomic mass is 10.2. The van der Waals surface area contributed by atoms with E-state index in [9.17, 15) is 0 Å². The molecule has 1 aliphatic rings. The third-order valence-corrected chi connectivity index (χ3v) is 3.57. The second kappa shape index (κ2) is 3.47. The largest absolute Gasteiger partial charge is 0.348 e. The molecule has 1 N–H and O–H groups in total. The van der Waals surface area contributed by atoms with E-state index in [1.165, 1.54) is 11.3 Å². The Labute approximate surface area is 92.8 Å². The fourth-order valence-corrected chi connectivity index (χ4v) is 2.65. The SMILES string of the molecule is Cc1nc(-c2ccn3c2CNCC3)cs1. The minimum absolute atomic E-state index is 0.957. The highest BCUT2D eigenvalue weighted by Gasteiger charge is 2.15. The fourth-order valence-electron chi connectivity index (χ4n) is 2.04. The quantitative estimate of drug-likeness (QED) is 0.795. The highest BCUT2D eigenvalue weighted by atomic mass is 32.1. The van der Waals surface area contributed by atoms with Gasteiger partial charge in [-0.15, -0.1) is 11.3 Å². The van der Waals surface area contributed by atoms with Crippen LogP contribution in [0.4, 0.5) is 0 Å². The monoisotopic (exact) mass is 219 g/mol. The molecule has 0 amide bonds. The van der Waals surface area contributed by atoms with E-state index in [4.69, 9.17) is 0 Å². The van der Waals surface area contributed by atoms with Gasteiger partial charge in [0, 0.05) is 42.5 Å². The van der Waals surface area contributed by atoms with Gasteiger partial charge in [-0.2, -0.15) is 0 Å². The Bertz CT molecular complexity index is 484. The van der Waals surface area contributed by atoms with Gasteiger partial charge in [0.15, 0.2) is 0 Å². The summed E-state index contributed by atoms with van der Waals surface area (Å²) in [5, 5.41) is 6.67. The van der Waals surface area contributed by atoms with Crippen LogP contribution in [0.3, 0.4) is 0 Å². The molecular weight excluding hydrogens is 206 g/mol. The predicted molar refractivity (Wildman–Crippen MR) is 62.0 cm³/mol. The smallest absolute Gasteiger partial charge is 0.0901 e. The lowest BCUT2D eigenvalue weighted by molar-refractivity contribution is 0.517. The average Bonchev–Trinajstić information content (AvgIpc) is 2.83. The predicted octanol–water partition coefficient (Wildman–Crippen LogP) is 2.02. The molecule has 3 nitrogen and oxygen atoms in total. The number of aryl methyl sites for hydroxylation is 1. The molecule has 15 heavy (non-hydrogen) atoms. The summed E-state index contributed by atoms with van der Waals surface area (Å²) in [5.74, 6) is 0. The summed E-state index contributed by atoms with van der Waals surface area (Å²) in [4.78, 5) is 4.54. The lowest BCUT2D eigenvalue weighted by Gasteiger charge is -2.17. The van der Waals surface area contributed by atoms with Crippen LogP contribution in [-0.4, -0.2) is 16.1 Å². The minimum atomic E-state index is 0.957. The summed E-state index contributed by atoms with van der Waals surface area (Å²) in [6, 6.07) is 2.18. The van der Waals surface area contributed by atoms with Crippen LogP contribution in [0.2, 0.25) is 0 Å². The van der Waals surface area contributed by atoms with Crippen molar-refractivity contribution in [2.75, 3.05) is 6.54 Å². The van der Waals surface area contributed by atoms with Crippen molar-refractivity contribution in [1.29, 1.82) is 0 Å². The first-order chi connectivity index (χ1) is 7.34. The van der Waals surface area contributed by atoms with Crippen molar-refractivity contribution in [1.82, 2.24) is 14.9 Å². The molecule has 0 atom stereocenters. The van der Waals surface area contributed by atoms with Crippen LogP contribution in [0.25, 0.3) is 11.3 Å². The maximum absolute atomic E-state index is 4.54. The number of aromatic nitrogens is 2. The highest BCUT2D eigenvalue weighted by Crippen LogP contribution is 2.27. The summed E-state index contributed by atoms with van der Waals surface area (Å²) in [6.45, 7) is 5.14. The lowest BCUT2D eigenvalue weighted by Crippen LogP contribution is -2.27. The van der Waals surface area contributed by atoms with Gasteiger partial charge < -0.3 is 9.88 Å². The number of nitrogens with zero attached hydrogens (tertiary/aromatic N) is 2. The van der Waals surface area contributed by atoms with Crippen molar-refractivity contribution in [2.45, 2.75) is 20.0 Å². The van der Waals surface area contributed by atoms with Crippen molar-refractivity contribution in [3.8, 4) is 11.3 Å². The van der Waals surface area contributed by atoms with E-state index in [1.807, 2.05) is 0 Å². The van der Waals surface area contributed by atoms with E-state index in [1.54, 1.807) is 11.3 Å². The topological polar surface area (TPSA) is 29.9 Å². The molecule has 0 radical (unpaired) electrons. The summed E-state index contributed by atoms with van der Waals surface area (Å²) in [5.41, 5.74) is 3.77. The Morgan fingerprint density at radius 1 is 1.53 bits per heavy atom. The molecule has 0 spiro atoms. The fraction of sp³-hybridized carbons (Fsp3) is 0.364. The summed E-state index contributed by atoms with van der Waals surface area (Å²) in [6.07, 6.45) is 2.17. The van der Waals surface area contributed by atoms with Gasteiger partial charge in [-0.3, -0.25) is 0 Å². The van der Waals surface area contributed by atoms with E-state index in [0.29, 0.717) is 0 Å². The molecular formula is C11H13N3S. The van der Waals surface area contributed by atoms with Crippen LogP contribution in [0, 0.1) is 6.92 Å². The first kappa shape index (κ1) is 9.12. The molecule has 2 aromatic heterocycles. The summed E-state index contributed by atoms with van der Waals surface area (Å²) < 4.78 is 2.32. The van der Waals surface area contributed by atoms with E-state index in [-0.39, 0.29) is 0 Å². The summed E-state index contributed by atoms with van der Waals surface area (Å²) in [7, 11) is 0. The third-order valence-electron chi connectivity index (χ3n) is 2.80. The van der Waals surface area contributed by atoms with E-state index >= 15 is 0 Å². The Hall–Kier alpha value is -1.13. The second-order valence-electron chi connectivity index (χ2n) is 3.80. The molecule has 0 aromatic carbocycles. The van der Waals surface area contributed by atoms with Gasteiger partial charge in [0.05, 0.1) is 10.7 Å². The van der Waals surface area contributed by atoms with Gasteiger partial charge >= 0.3 is 0 Å². The Kier molecular flexibility index (Phi) is 2.11. The maximum atomic E-state index is 4.54. The van der Waals surface area contributed by atoms with Gasteiger partial charge in [-0.1, -0.05) is 0 Å². The molecule has 3 rings (SSSR count). The number of nitrogens with one attached hydrogen (secondary N) is 1. The molecule has 0 saturated heterocycles. The number of fused-ring (bicyclic) bond motifs is 1. The normalized spacial score (nSPS) is 15.3. The van der Waals surface area contributed by atoms with Crippen molar-refractivity contribution < 1.29 is 0 Å². The standard InChI is InChI=1S/C11H13N3S/c1-8-13-10(7-15-8)9-2-4-14-5-3-12-6-11(9)14/h2,4,7,12H,3,5-6H2,1H3. The zero-order valence-electron chi connectivity index (χ0n) is 8.66. The van der Waals surface area contributed by atoms with Crippen molar-refractivity contribution in [3.63, 3.8) is 0 Å². The highest BCUT2D eigenvalue weighted by molar-refractivity contribution is 7.09. The van der Waals surface area contributed by atoms with Gasteiger partial charge in [0.1, 0.15) is 0 Å². The molecule has 1 aliphatic heterocycles. The van der Waals surface area contributed by atoms with Gasteiger partial charge in [0.2, 0.25) is 0 Å². The molecule has 2 aromatic rings. The van der Waals surface area contributed by atoms with Gasteiger partial charge in [0.25, 0.3) is 0 Å². The number of hydrogen-bond acceptors (Lipinski definition) is 3. The average molecular weight is 219 g/mol. The number of thiazole rings is 1. The van der Waals surface area contributed by atoms with E-state index in [0.717, 1.165) is 30.3 Å². The Morgan fingerprint density at radius 3 is 3.27 bits per heavy atom. The van der Waals surface area contributed by atoms with Crippen molar-refractivity contribution in [3.05, 3.63) is 28.3 Å². The molecule has 3 heterocycles. The first-order valence-corrected chi connectivity index (χ1v) is 6.04. The van der Waals surface area contributed by atoms with E-state index in [2.05, 4.69) is 39.4 Å². The molecule has 0 fully saturated rings. The van der Waals surface area contributed by atoms with Gasteiger partial charge in [-0.25, -0.2) is 4.98 Å². The summed E-state index contributed by atoms with van der Waals surface area (Å²) >= 11 is 1.71. The third kappa shape index (κ3) is 1.50. The number of rotatable bonds is 1. The number of hydrogen-bond donors (Lipinski definition) is 1. The second-order valence-corrected chi connectivity index (χ2v) is 4.86. The Morgan fingerprint density at radius 2 is 2.47 bits per heavy atom. The van der Waals surface area contributed by atoms with Crippen LogP contribution in [0.1, 0.15) is 10.7 Å². The molecule has 0 saturated carbocycles. The van der Waals surface area contributed by atoms with Crippen molar-refractivity contribution in [2.24, 2.45) is 0 Å². The maximum Gasteiger partial charge on any atom is 0.0901 e. The molecule has 78 valence electrons. The van der Waals surface area contributed by atoms with Crippen LogP contribution in [-0.2, 0) is 13.1 Å². The van der Waals surface area contributed by atoms with Crippen LogP contribution < -0.4 is 5.32 Å². The van der Waals surface area contributed by atoms with E-state index < -0.39 is 0 Å². The van der Waals surface area contributed by atoms with Crippen LogP contribution >= 0.6 is 11.3 Å². The first-order valence-electron chi connectivity index (χ1n) is 5.16. The van der Waals surface area contributed by atoms with Crippen LogP contribution in [0.5, 0.6) is 0 Å². The molecule has 0 aliphatic carbocycles. The minimum Gasteiger partial charge on any atom is -0.348 e. The molecule has 0 unspecified atom stereocenters.